The predicted octanol–water partition coefficient (Wildman–Crippen LogP) is 0.162. The maximum Gasteiger partial charge on any atom is 0.336 e. The van der Waals surface area contributed by atoms with Gasteiger partial charge in [-0.2, -0.15) is 0 Å². The maximum atomic E-state index is 10.2. The van der Waals surface area contributed by atoms with Gasteiger partial charge < -0.3 is 10.8 Å². The molecule has 0 atom stereocenters. The van der Waals surface area contributed by atoms with Gasteiger partial charge in [0.05, 0.1) is 5.56 Å². The Kier molecular flexibility index (Phi) is 1.53. The van der Waals surface area contributed by atoms with Gasteiger partial charge in [0.2, 0.25) is 0 Å². The lowest BCUT2D eigenvalue weighted by Gasteiger charge is -1.92. The molecule has 0 saturated heterocycles. The fraction of sp³-hybridized carbons (Fsp3) is 0. The molecule has 0 fully saturated rings. The van der Waals surface area contributed by atoms with Crippen LogP contribution >= 0.6 is 0 Å². The molecule has 0 saturated carbocycles. The molecule has 0 aromatic carbocycles. The molecule has 0 aliphatic carbocycles. The average molecular weight is 137 g/mol. The summed E-state index contributed by atoms with van der Waals surface area (Å²) < 4.78 is 0. The number of hydrogen-bond donors (Lipinski definition) is 2. The number of carboxylic acids is 1. The second-order valence-electron chi connectivity index (χ2n) is 1.67. The minimum atomic E-state index is -1.05. The van der Waals surface area contributed by atoms with Crippen molar-refractivity contribution < 1.29 is 9.90 Å². The zero-order chi connectivity index (χ0) is 7.56. The van der Waals surface area contributed by atoms with E-state index in [9.17, 15) is 4.79 Å². The summed E-state index contributed by atoms with van der Waals surface area (Å²) in [6.07, 6.45) is 1.33. The topological polar surface area (TPSA) is 76.2 Å². The van der Waals surface area contributed by atoms with Crippen molar-refractivity contribution in [3.63, 3.8) is 0 Å². The third-order valence-corrected chi connectivity index (χ3v) is 0.948. The van der Waals surface area contributed by atoms with Crippen molar-refractivity contribution in [3.8, 4) is 0 Å². The number of nitrogen functional groups attached to an aromatic ring is 1. The van der Waals surface area contributed by atoms with Gasteiger partial charge >= 0.3 is 5.97 Å². The van der Waals surface area contributed by atoms with Crippen LogP contribution in [0.15, 0.2) is 12.3 Å². The number of aromatic nitrogens is 1. The molecule has 4 heteroatoms. The van der Waals surface area contributed by atoms with Crippen molar-refractivity contribution in [2.75, 3.05) is 5.73 Å². The average Bonchev–Trinajstić information content (AvgIpc) is 1.88. The summed E-state index contributed by atoms with van der Waals surface area (Å²) in [4.78, 5) is 13.8. The lowest BCUT2D eigenvalue weighted by atomic mass is 10.3. The van der Waals surface area contributed by atoms with Gasteiger partial charge in [-0.3, -0.25) is 0 Å². The number of nitrogens with zero attached hydrogens (tertiary/aromatic N) is 1. The molecular weight excluding hydrogens is 132 g/mol. The molecule has 0 spiro atoms. The number of carbonyl (C=O) groups is 1. The quantitative estimate of drug-likeness (QED) is 0.578. The number of hydrogen-bond acceptors (Lipinski definition) is 3. The molecular formula is C6H5N2O2. The molecule has 4 nitrogen and oxygen atoms in total. The van der Waals surface area contributed by atoms with E-state index in [0.29, 0.717) is 0 Å². The Morgan fingerprint density at radius 3 is 2.90 bits per heavy atom. The van der Waals surface area contributed by atoms with Crippen molar-refractivity contribution in [2.24, 2.45) is 0 Å². The van der Waals surface area contributed by atoms with Gasteiger partial charge in [0.15, 0.2) is 0 Å². The fourth-order valence-electron chi connectivity index (χ4n) is 0.529. The van der Waals surface area contributed by atoms with Crippen molar-refractivity contribution in [3.05, 3.63) is 23.9 Å². The van der Waals surface area contributed by atoms with Gasteiger partial charge in [-0.15, -0.1) is 0 Å². The molecule has 0 aliphatic heterocycles. The van der Waals surface area contributed by atoms with E-state index in [4.69, 9.17) is 10.8 Å². The summed E-state index contributed by atoms with van der Waals surface area (Å²) >= 11 is 0. The third-order valence-electron chi connectivity index (χ3n) is 0.948. The maximum absolute atomic E-state index is 10.2. The predicted molar refractivity (Wildman–Crippen MR) is 34.4 cm³/mol. The van der Waals surface area contributed by atoms with Gasteiger partial charge in [0.1, 0.15) is 5.82 Å². The molecule has 0 unspecified atom stereocenters. The Morgan fingerprint density at radius 1 is 1.80 bits per heavy atom. The smallest absolute Gasteiger partial charge is 0.336 e. The van der Waals surface area contributed by atoms with Crippen LogP contribution in [0.2, 0.25) is 0 Å². The molecule has 3 N–H and O–H groups in total. The van der Waals surface area contributed by atoms with E-state index in [0.717, 1.165) is 0 Å². The van der Waals surface area contributed by atoms with Crippen LogP contribution < -0.4 is 5.73 Å². The second kappa shape index (κ2) is 2.34. The molecule has 51 valence electrons. The molecule has 10 heavy (non-hydrogen) atoms. The van der Waals surface area contributed by atoms with Crippen molar-refractivity contribution >= 4 is 11.8 Å². The van der Waals surface area contributed by atoms with Gasteiger partial charge in [0.25, 0.3) is 0 Å². The van der Waals surface area contributed by atoms with Crippen LogP contribution in [0.25, 0.3) is 0 Å². The molecule has 0 aliphatic rings. The number of rotatable bonds is 1. The number of carboxylic acid groups (broad SMARTS) is 1. The first-order valence-electron chi connectivity index (χ1n) is 2.57. The zero-order valence-electron chi connectivity index (χ0n) is 5.03. The first kappa shape index (κ1) is 6.54. The Balaban J connectivity index is 3.07. The van der Waals surface area contributed by atoms with Crippen molar-refractivity contribution in [1.82, 2.24) is 4.98 Å². The van der Waals surface area contributed by atoms with Gasteiger partial charge in [0, 0.05) is 12.3 Å². The normalized spacial score (nSPS) is 9.20. The van der Waals surface area contributed by atoms with Crippen LogP contribution in [0.4, 0.5) is 5.82 Å². The highest BCUT2D eigenvalue weighted by atomic mass is 16.4. The largest absolute Gasteiger partial charge is 0.478 e. The molecule has 1 rings (SSSR count). The third kappa shape index (κ3) is 1.22. The Hall–Kier alpha value is -1.58. The highest BCUT2D eigenvalue weighted by Gasteiger charge is 2.01. The monoisotopic (exact) mass is 137 g/mol. The Bertz CT molecular complexity index is 260. The van der Waals surface area contributed by atoms with Gasteiger partial charge in [-0.25, -0.2) is 9.78 Å². The number of aromatic carboxylic acids is 1. The SMILES string of the molecule is Nc1[c]c(C(=O)O)ccn1. The van der Waals surface area contributed by atoms with Gasteiger partial charge in [-0.05, 0) is 6.07 Å². The summed E-state index contributed by atoms with van der Waals surface area (Å²) in [5, 5.41) is 8.39. The first-order chi connectivity index (χ1) is 4.70. The van der Waals surface area contributed by atoms with Crippen molar-refractivity contribution in [1.29, 1.82) is 0 Å². The summed E-state index contributed by atoms with van der Waals surface area (Å²) in [6, 6.07) is 3.71. The zero-order valence-corrected chi connectivity index (χ0v) is 5.03. The second-order valence-corrected chi connectivity index (χ2v) is 1.67. The molecule has 1 aromatic rings. The fourth-order valence-corrected chi connectivity index (χ4v) is 0.529. The van der Waals surface area contributed by atoms with E-state index in [1.807, 2.05) is 0 Å². The van der Waals surface area contributed by atoms with E-state index < -0.39 is 5.97 Å². The highest BCUT2D eigenvalue weighted by Crippen LogP contribution is 2.00. The molecule has 0 amide bonds. The van der Waals surface area contributed by atoms with E-state index in [-0.39, 0.29) is 11.4 Å². The molecule has 1 aromatic heterocycles. The van der Waals surface area contributed by atoms with Crippen LogP contribution in [0, 0.1) is 6.07 Å². The van der Waals surface area contributed by atoms with Crippen LogP contribution in [0.3, 0.4) is 0 Å². The van der Waals surface area contributed by atoms with E-state index in [2.05, 4.69) is 11.1 Å². The lowest BCUT2D eigenvalue weighted by molar-refractivity contribution is 0.0696. The standard InChI is InChI=1S/C6H5N2O2/c7-5-3-4(6(9)10)1-2-8-5/h1-2H,(H2,7,8)(H,9,10). The Labute approximate surface area is 57.3 Å². The lowest BCUT2D eigenvalue weighted by Crippen LogP contribution is -1.99. The van der Waals surface area contributed by atoms with E-state index in [1.54, 1.807) is 0 Å². The Morgan fingerprint density at radius 2 is 2.50 bits per heavy atom. The summed E-state index contributed by atoms with van der Waals surface area (Å²) in [7, 11) is 0. The highest BCUT2D eigenvalue weighted by molar-refractivity contribution is 5.87. The van der Waals surface area contributed by atoms with Crippen LogP contribution in [0.5, 0.6) is 0 Å². The van der Waals surface area contributed by atoms with Crippen LogP contribution in [-0.2, 0) is 0 Å². The number of anilines is 1. The van der Waals surface area contributed by atoms with E-state index in [1.165, 1.54) is 12.3 Å². The summed E-state index contributed by atoms with van der Waals surface area (Å²) in [5.41, 5.74) is 5.20. The first-order valence-corrected chi connectivity index (χ1v) is 2.57. The molecule has 0 bridgehead atoms. The summed E-state index contributed by atoms with van der Waals surface area (Å²) in [5.74, 6) is -0.950. The summed E-state index contributed by atoms with van der Waals surface area (Å²) in [6.45, 7) is 0. The number of pyridine rings is 1. The minimum Gasteiger partial charge on any atom is -0.478 e. The molecule has 1 heterocycles. The van der Waals surface area contributed by atoms with E-state index >= 15 is 0 Å². The minimum absolute atomic E-state index is 0.0347. The van der Waals surface area contributed by atoms with Crippen molar-refractivity contribution in [2.45, 2.75) is 0 Å². The van der Waals surface area contributed by atoms with Crippen LogP contribution in [-0.4, -0.2) is 16.1 Å². The van der Waals surface area contributed by atoms with Gasteiger partial charge in [-0.1, -0.05) is 0 Å². The number of nitrogens with two attached hydrogens (primary N) is 1. The molecule has 1 radical (unpaired) electrons. The van der Waals surface area contributed by atoms with Crippen LogP contribution in [0.1, 0.15) is 10.4 Å².